The zero-order valence-corrected chi connectivity index (χ0v) is 17.4. The Morgan fingerprint density at radius 3 is 2.63 bits per heavy atom. The van der Waals surface area contributed by atoms with Crippen molar-refractivity contribution in [2.75, 3.05) is 12.4 Å². The van der Waals surface area contributed by atoms with E-state index in [0.717, 1.165) is 10.4 Å². The molecule has 2 aromatic rings. The molecule has 2 rings (SSSR count). The smallest absolute Gasteiger partial charge is 0.309 e. The third-order valence-corrected chi connectivity index (χ3v) is 5.82. The van der Waals surface area contributed by atoms with Crippen molar-refractivity contribution >= 4 is 45.5 Å². The average Bonchev–Trinajstić information content (AvgIpc) is 2.91. The molecule has 0 fully saturated rings. The Morgan fingerprint density at radius 2 is 2.04 bits per heavy atom. The monoisotopic (exact) mass is 406 g/mol. The van der Waals surface area contributed by atoms with Crippen LogP contribution in [0, 0.1) is 25.2 Å². The predicted octanol–water partition coefficient (Wildman–Crippen LogP) is 4.96. The predicted molar refractivity (Wildman–Crippen MR) is 110 cm³/mol. The molecule has 0 saturated heterocycles. The molecule has 2 N–H and O–H groups in total. The van der Waals surface area contributed by atoms with Crippen molar-refractivity contribution in [3.8, 4) is 0 Å². The Balaban J connectivity index is 2.28. The minimum Gasteiger partial charge on any atom is -0.469 e. The molecule has 1 aromatic heterocycles. The number of benzene rings is 1. The summed E-state index contributed by atoms with van der Waals surface area (Å²) >= 11 is 7.48. The number of hydrogen-bond donors (Lipinski definition) is 2. The fourth-order valence-corrected chi connectivity index (χ4v) is 4.04. The summed E-state index contributed by atoms with van der Waals surface area (Å²) in [7, 11) is 1.32. The maximum absolute atomic E-state index is 12.5. The molecule has 144 valence electrons. The fraction of sp³-hybridized carbons (Fsp3) is 0.350. The van der Waals surface area contributed by atoms with Crippen LogP contribution in [0.1, 0.15) is 41.3 Å². The van der Waals surface area contributed by atoms with Crippen LogP contribution in [-0.2, 0) is 14.3 Å². The van der Waals surface area contributed by atoms with Crippen LogP contribution < -0.4 is 5.32 Å². The zero-order chi connectivity index (χ0) is 20.1. The molecular weight excluding hydrogens is 384 g/mol. The van der Waals surface area contributed by atoms with Gasteiger partial charge in [-0.15, -0.1) is 11.3 Å². The van der Waals surface area contributed by atoms with Crippen molar-refractivity contribution in [1.29, 1.82) is 5.41 Å². The number of anilines is 1. The Morgan fingerprint density at radius 1 is 1.33 bits per heavy atom. The lowest BCUT2D eigenvalue weighted by molar-refractivity contribution is -0.147. The Kier molecular flexibility index (Phi) is 7.16. The zero-order valence-electron chi connectivity index (χ0n) is 15.8. The third-order valence-electron chi connectivity index (χ3n) is 4.46. The highest BCUT2D eigenvalue weighted by Crippen LogP contribution is 2.34. The molecule has 1 heterocycles. The van der Waals surface area contributed by atoms with Gasteiger partial charge in [0.1, 0.15) is 5.00 Å². The van der Waals surface area contributed by atoms with E-state index in [4.69, 9.17) is 21.7 Å². The summed E-state index contributed by atoms with van der Waals surface area (Å²) in [5, 5.41) is 12.6. The second kappa shape index (κ2) is 9.15. The number of nitrogens with one attached hydrogen (secondary N) is 2. The molecule has 1 amide bonds. The van der Waals surface area contributed by atoms with E-state index in [1.54, 1.807) is 18.2 Å². The quantitative estimate of drug-likeness (QED) is 0.503. The van der Waals surface area contributed by atoms with Gasteiger partial charge in [0.2, 0.25) is 5.91 Å². The molecular formula is C20H23ClN2O3S. The molecule has 5 nitrogen and oxygen atoms in total. The minimum absolute atomic E-state index is 0.0447. The molecule has 1 aromatic carbocycles. The second-order valence-corrected chi connectivity index (χ2v) is 7.91. The van der Waals surface area contributed by atoms with Crippen LogP contribution in [0.5, 0.6) is 0 Å². The van der Waals surface area contributed by atoms with Gasteiger partial charge in [-0.1, -0.05) is 30.7 Å². The molecule has 1 atom stereocenters. The first kappa shape index (κ1) is 21.1. The first-order valence-electron chi connectivity index (χ1n) is 8.61. The molecule has 7 heteroatoms. The number of carbonyl (C=O) groups is 2. The number of aryl methyl sites for hydroxylation is 1. The van der Waals surface area contributed by atoms with E-state index in [2.05, 4.69) is 5.32 Å². The summed E-state index contributed by atoms with van der Waals surface area (Å²) in [5.41, 5.74) is 2.61. The van der Waals surface area contributed by atoms with Crippen molar-refractivity contribution < 1.29 is 14.3 Å². The SMILES string of the molecule is CC[C@H](CC(=O)Nc1sc(C)c(C)c1C(=N)c1cccc(Cl)c1)C(=O)OC. The molecule has 0 spiro atoms. The highest BCUT2D eigenvalue weighted by atomic mass is 35.5. The van der Waals surface area contributed by atoms with Crippen molar-refractivity contribution in [3.05, 3.63) is 50.9 Å². The lowest BCUT2D eigenvalue weighted by Crippen LogP contribution is -2.23. The number of thiophene rings is 1. The largest absolute Gasteiger partial charge is 0.469 e. The first-order chi connectivity index (χ1) is 12.8. The van der Waals surface area contributed by atoms with Crippen molar-refractivity contribution in [2.24, 2.45) is 5.92 Å². The van der Waals surface area contributed by atoms with Crippen LogP contribution in [-0.4, -0.2) is 24.7 Å². The van der Waals surface area contributed by atoms with E-state index < -0.39 is 11.9 Å². The van der Waals surface area contributed by atoms with Gasteiger partial charge in [0.05, 0.1) is 18.7 Å². The van der Waals surface area contributed by atoms with Gasteiger partial charge in [0.25, 0.3) is 0 Å². The second-order valence-electron chi connectivity index (χ2n) is 6.25. The van der Waals surface area contributed by atoms with Crippen LogP contribution in [0.4, 0.5) is 5.00 Å². The number of esters is 1. The summed E-state index contributed by atoms with van der Waals surface area (Å²) in [4.78, 5) is 25.2. The van der Waals surface area contributed by atoms with E-state index in [-0.39, 0.29) is 12.3 Å². The van der Waals surface area contributed by atoms with Gasteiger partial charge in [-0.05, 0) is 38.0 Å². The van der Waals surface area contributed by atoms with Crippen LogP contribution in [0.3, 0.4) is 0 Å². The number of methoxy groups -OCH3 is 1. The number of halogens is 1. The van der Waals surface area contributed by atoms with Gasteiger partial charge in [-0.3, -0.25) is 15.0 Å². The van der Waals surface area contributed by atoms with Gasteiger partial charge in [-0.2, -0.15) is 0 Å². The summed E-state index contributed by atoms with van der Waals surface area (Å²) < 4.78 is 4.75. The maximum atomic E-state index is 12.5. The molecule has 0 radical (unpaired) electrons. The van der Waals surface area contributed by atoms with Crippen molar-refractivity contribution in [2.45, 2.75) is 33.6 Å². The summed E-state index contributed by atoms with van der Waals surface area (Å²) in [6, 6.07) is 7.09. The summed E-state index contributed by atoms with van der Waals surface area (Å²) in [6.07, 6.45) is 0.566. The molecule has 0 aliphatic heterocycles. The van der Waals surface area contributed by atoms with Crippen LogP contribution in [0.15, 0.2) is 24.3 Å². The van der Waals surface area contributed by atoms with Gasteiger partial charge >= 0.3 is 5.97 Å². The number of hydrogen-bond acceptors (Lipinski definition) is 5. The van der Waals surface area contributed by atoms with E-state index >= 15 is 0 Å². The van der Waals surface area contributed by atoms with Gasteiger partial charge < -0.3 is 10.1 Å². The molecule has 0 saturated carbocycles. The lowest BCUT2D eigenvalue weighted by atomic mass is 9.99. The van der Waals surface area contributed by atoms with Crippen LogP contribution in [0.2, 0.25) is 5.02 Å². The highest BCUT2D eigenvalue weighted by Gasteiger charge is 2.24. The van der Waals surface area contributed by atoms with Crippen LogP contribution in [0.25, 0.3) is 0 Å². The van der Waals surface area contributed by atoms with Crippen LogP contribution >= 0.6 is 22.9 Å². The van der Waals surface area contributed by atoms with E-state index in [9.17, 15) is 9.59 Å². The molecule has 0 bridgehead atoms. The summed E-state index contributed by atoms with van der Waals surface area (Å²) in [5.74, 6) is -1.14. The number of amides is 1. The highest BCUT2D eigenvalue weighted by molar-refractivity contribution is 7.16. The third kappa shape index (κ3) is 4.96. The Hall–Kier alpha value is -2.18. The van der Waals surface area contributed by atoms with Crippen molar-refractivity contribution in [3.63, 3.8) is 0 Å². The number of ether oxygens (including phenoxy) is 1. The van der Waals surface area contributed by atoms with E-state index in [1.165, 1.54) is 18.4 Å². The molecule has 0 aliphatic carbocycles. The van der Waals surface area contributed by atoms with E-state index in [0.29, 0.717) is 33.3 Å². The first-order valence-corrected chi connectivity index (χ1v) is 9.80. The number of rotatable bonds is 7. The van der Waals surface area contributed by atoms with Gasteiger partial charge in [0, 0.05) is 27.4 Å². The summed E-state index contributed by atoms with van der Waals surface area (Å²) in [6.45, 7) is 5.72. The lowest BCUT2D eigenvalue weighted by Gasteiger charge is -2.13. The Labute approximate surface area is 168 Å². The standard InChI is InChI=1S/C20H23ClN2O3S/c1-5-13(20(25)26-4)10-16(24)23-19-17(11(2)12(3)27-19)18(22)14-7-6-8-15(21)9-14/h6-9,13,22H,5,10H2,1-4H3,(H,23,24)/t13-/m1/s1. The topological polar surface area (TPSA) is 79.3 Å². The maximum Gasteiger partial charge on any atom is 0.309 e. The number of carbonyl (C=O) groups excluding carboxylic acids is 2. The van der Waals surface area contributed by atoms with E-state index in [1.807, 2.05) is 26.8 Å². The fourth-order valence-electron chi connectivity index (χ4n) is 2.77. The average molecular weight is 407 g/mol. The van der Waals surface area contributed by atoms with Crippen molar-refractivity contribution in [1.82, 2.24) is 0 Å². The molecule has 0 unspecified atom stereocenters. The molecule has 0 aliphatic rings. The van der Waals surface area contributed by atoms with Gasteiger partial charge in [-0.25, -0.2) is 0 Å². The normalized spacial score (nSPS) is 11.7. The Bertz CT molecular complexity index is 876. The molecule has 27 heavy (non-hydrogen) atoms. The van der Waals surface area contributed by atoms with Gasteiger partial charge in [0.15, 0.2) is 0 Å². The minimum atomic E-state index is -0.479.